The normalized spacial score (nSPS) is 19.6. The summed E-state index contributed by atoms with van der Waals surface area (Å²) in [5, 5.41) is 12.6. The molecule has 0 unspecified atom stereocenters. The summed E-state index contributed by atoms with van der Waals surface area (Å²) in [6.07, 6.45) is -7.22. The number of furan rings is 1. The van der Waals surface area contributed by atoms with E-state index >= 15 is 0 Å². The van der Waals surface area contributed by atoms with Gasteiger partial charge in [0.15, 0.2) is 24.0 Å². The number of aromatic nitrogens is 2. The maximum atomic E-state index is 14.5. The van der Waals surface area contributed by atoms with Crippen molar-refractivity contribution in [1.29, 1.82) is 0 Å². The van der Waals surface area contributed by atoms with E-state index in [1.54, 1.807) is 18.2 Å². The molecule has 1 aromatic carbocycles. The number of hydrogen-bond acceptors (Lipinski definition) is 13. The molecule has 0 bridgehead atoms. The topological polar surface area (TPSA) is 207 Å². The Balaban J connectivity index is 0.00000294. The number of aliphatic hydroxyl groups excluding tert-OH is 1. The molecule has 3 aromatic rings. The number of hydrogen-bond donors (Lipinski definition) is 2. The summed E-state index contributed by atoms with van der Waals surface area (Å²) < 4.78 is 69.8. The van der Waals surface area contributed by atoms with E-state index in [0.29, 0.717) is 27.0 Å². The van der Waals surface area contributed by atoms with Gasteiger partial charge in [-0.2, -0.15) is 13.8 Å². The molecule has 212 valence electrons. The zero-order valence-corrected chi connectivity index (χ0v) is 27.0. The van der Waals surface area contributed by atoms with Crippen molar-refractivity contribution in [2.45, 2.75) is 31.0 Å². The van der Waals surface area contributed by atoms with Crippen LogP contribution in [0.1, 0.15) is 12.0 Å². The summed E-state index contributed by atoms with van der Waals surface area (Å²) in [6, 6.07) is 5.85. The zero-order valence-electron chi connectivity index (χ0n) is 22.1. The summed E-state index contributed by atoms with van der Waals surface area (Å²) in [5.74, 6) is -3.30. The third-order valence-corrected chi connectivity index (χ3v) is 5.96. The number of alkyl halides is 2. The van der Waals surface area contributed by atoms with E-state index in [4.69, 9.17) is 23.4 Å². The first-order valence-corrected chi connectivity index (χ1v) is 12.3. The van der Waals surface area contributed by atoms with E-state index in [0.717, 1.165) is 12.3 Å². The first-order valence-electron chi connectivity index (χ1n) is 10.9. The van der Waals surface area contributed by atoms with Gasteiger partial charge >= 0.3 is 76.8 Å². The van der Waals surface area contributed by atoms with Crippen LogP contribution < -0.4 is 89.4 Å². The molecule has 4 rings (SSSR count). The molecular weight excluding hydrogens is 601 g/mol. The minimum absolute atomic E-state index is 0. The number of benzene rings is 1. The van der Waals surface area contributed by atoms with Crippen molar-refractivity contribution in [2.24, 2.45) is 0 Å². The second-order valence-electron chi connectivity index (χ2n) is 8.05. The summed E-state index contributed by atoms with van der Waals surface area (Å²) in [6.45, 7) is -1.52. The molecular formula is C21H20F2N3Na2O12P. The molecule has 0 radical (unpaired) electrons. The Labute approximate surface area is 273 Å². The summed E-state index contributed by atoms with van der Waals surface area (Å²) in [4.78, 5) is 49.2. The molecule has 15 nitrogen and oxygen atoms in total. The van der Waals surface area contributed by atoms with Crippen molar-refractivity contribution >= 4 is 30.7 Å². The number of aliphatic hydroxyl groups is 1. The molecule has 0 aliphatic carbocycles. The standard InChI is InChI=1S/C21H22F2N3O12P.2Na/c1-33-11-5-10-6-12(37-16(10)13(7-11)34-2)8-35-20(29)25-15-3-4-26(19(28)24-15)18-21(22,23)17(27)14(38-18)9-36-39(30,31)32;;/h3-7,14,17-18,27H,8-9H2,1-2H3,(H2,30,31,32)(H,24,25,28,29);;/q;2*+1/p-2/t14-,17-,18-;;/m1../s1. The monoisotopic (exact) mass is 621 g/mol. The third-order valence-electron chi connectivity index (χ3n) is 5.50. The first kappa shape index (κ1) is 35.6. The van der Waals surface area contributed by atoms with Crippen LogP contribution in [-0.4, -0.2) is 59.7 Å². The van der Waals surface area contributed by atoms with Crippen LogP contribution in [0.5, 0.6) is 11.5 Å². The fourth-order valence-corrected chi connectivity index (χ4v) is 4.03. The summed E-state index contributed by atoms with van der Waals surface area (Å²) in [5.41, 5.74) is -0.926. The molecule has 2 aromatic heterocycles. The molecule has 1 aliphatic heterocycles. The van der Waals surface area contributed by atoms with E-state index < -0.39 is 50.6 Å². The Morgan fingerprint density at radius 2 is 1.95 bits per heavy atom. The SMILES string of the molecule is COc1cc(OC)c2oc(COC(=O)Nc3ccn([C@@H]4O[C@H](COP(=O)([O-])[O-])[C@@H](O)C4(F)F)c(=O)n3)cc2c1.[Na+].[Na+]. The van der Waals surface area contributed by atoms with Gasteiger partial charge in [0.05, 0.1) is 28.6 Å². The van der Waals surface area contributed by atoms with E-state index in [9.17, 15) is 37.8 Å². The van der Waals surface area contributed by atoms with E-state index in [1.807, 2.05) is 0 Å². The predicted molar refractivity (Wildman–Crippen MR) is 120 cm³/mol. The van der Waals surface area contributed by atoms with E-state index in [2.05, 4.69) is 14.8 Å². The van der Waals surface area contributed by atoms with Crippen molar-refractivity contribution < 1.29 is 120 Å². The number of phosphoric ester groups is 1. The molecule has 3 heterocycles. The van der Waals surface area contributed by atoms with Crippen LogP contribution in [0.3, 0.4) is 0 Å². The fourth-order valence-electron chi connectivity index (χ4n) is 3.70. The Hall–Kier alpha value is -1.60. The predicted octanol–water partition coefficient (Wildman–Crippen LogP) is -5.50. The van der Waals surface area contributed by atoms with Crippen molar-refractivity contribution in [3.63, 3.8) is 0 Å². The number of rotatable bonds is 9. The maximum Gasteiger partial charge on any atom is 1.00 e. The van der Waals surface area contributed by atoms with E-state index in [1.165, 1.54) is 14.2 Å². The molecule has 0 spiro atoms. The molecule has 3 atom stereocenters. The van der Waals surface area contributed by atoms with Crippen LogP contribution in [0.25, 0.3) is 11.0 Å². The number of anilines is 1. The first-order chi connectivity index (χ1) is 18.3. The average Bonchev–Trinajstić information content (AvgIpc) is 3.38. The van der Waals surface area contributed by atoms with Gasteiger partial charge in [-0.25, -0.2) is 9.59 Å². The molecule has 41 heavy (non-hydrogen) atoms. The van der Waals surface area contributed by atoms with Crippen LogP contribution in [0, 0.1) is 0 Å². The van der Waals surface area contributed by atoms with Crippen LogP contribution in [0.2, 0.25) is 0 Å². The Morgan fingerprint density at radius 1 is 1.24 bits per heavy atom. The van der Waals surface area contributed by atoms with Gasteiger partial charge in [0, 0.05) is 17.6 Å². The second-order valence-corrected chi connectivity index (χ2v) is 9.21. The Bertz CT molecular complexity index is 1480. The minimum atomic E-state index is -5.53. The molecule has 20 heteroatoms. The minimum Gasteiger partial charge on any atom is -0.790 e. The summed E-state index contributed by atoms with van der Waals surface area (Å²) >= 11 is 0. The number of ether oxygens (including phenoxy) is 4. The van der Waals surface area contributed by atoms with Gasteiger partial charge in [-0.15, -0.1) is 0 Å². The Morgan fingerprint density at radius 3 is 2.56 bits per heavy atom. The van der Waals surface area contributed by atoms with Gasteiger partial charge in [0.2, 0.25) is 6.23 Å². The van der Waals surface area contributed by atoms with Crippen LogP contribution >= 0.6 is 7.82 Å². The van der Waals surface area contributed by atoms with Crippen LogP contribution in [0.15, 0.2) is 39.7 Å². The quantitative estimate of drug-likeness (QED) is 0.169. The molecule has 1 saturated heterocycles. The van der Waals surface area contributed by atoms with Gasteiger partial charge in [-0.1, -0.05) is 0 Å². The average molecular weight is 621 g/mol. The van der Waals surface area contributed by atoms with Gasteiger partial charge in [0.1, 0.15) is 23.4 Å². The molecule has 2 N–H and O–H groups in total. The number of amides is 1. The number of fused-ring (bicyclic) bond motifs is 1. The van der Waals surface area contributed by atoms with Crippen molar-refractivity contribution in [1.82, 2.24) is 9.55 Å². The number of carbonyl (C=O) groups excluding carboxylic acids is 1. The van der Waals surface area contributed by atoms with Crippen LogP contribution in [0.4, 0.5) is 19.4 Å². The number of halogens is 2. The molecule has 1 amide bonds. The number of carbonyl (C=O) groups is 1. The smallest absolute Gasteiger partial charge is 0.790 e. The Kier molecular flexibility index (Phi) is 12.4. The number of phosphoric acid groups is 1. The van der Waals surface area contributed by atoms with Gasteiger partial charge in [-0.3, -0.25) is 9.88 Å². The van der Waals surface area contributed by atoms with Crippen LogP contribution in [-0.2, 0) is 25.2 Å². The third kappa shape index (κ3) is 8.28. The molecule has 1 aliphatic rings. The second kappa shape index (κ2) is 14.2. The maximum absolute atomic E-state index is 14.5. The van der Waals surface area contributed by atoms with Gasteiger partial charge in [0.25, 0.3) is 0 Å². The van der Waals surface area contributed by atoms with E-state index in [-0.39, 0.29) is 77.3 Å². The fraction of sp³-hybridized carbons (Fsp3) is 0.381. The van der Waals surface area contributed by atoms with Gasteiger partial charge in [-0.05, 0) is 18.2 Å². The summed E-state index contributed by atoms with van der Waals surface area (Å²) in [7, 11) is -2.61. The molecule has 0 saturated carbocycles. The van der Waals surface area contributed by atoms with Crippen molar-refractivity contribution in [3.8, 4) is 11.5 Å². The van der Waals surface area contributed by atoms with Crippen molar-refractivity contribution in [2.75, 3.05) is 26.1 Å². The number of methoxy groups -OCH3 is 2. The van der Waals surface area contributed by atoms with Crippen molar-refractivity contribution in [3.05, 3.63) is 46.7 Å². The largest absolute Gasteiger partial charge is 1.00 e. The number of nitrogens with zero attached hydrogens (tertiary/aromatic N) is 2. The zero-order chi connectivity index (χ0) is 28.5. The number of nitrogens with one attached hydrogen (secondary N) is 1. The van der Waals surface area contributed by atoms with Gasteiger partial charge < -0.3 is 47.3 Å². The molecule has 1 fully saturated rings.